The van der Waals surface area contributed by atoms with Crippen molar-refractivity contribution < 1.29 is 35.9 Å². The van der Waals surface area contributed by atoms with Gasteiger partial charge >= 0.3 is 12.1 Å². The predicted molar refractivity (Wildman–Crippen MR) is 118 cm³/mol. The molecule has 3 rings (SSSR count). The summed E-state index contributed by atoms with van der Waals surface area (Å²) in [6.45, 7) is 3.16. The summed E-state index contributed by atoms with van der Waals surface area (Å²) < 4.78 is 70.8. The summed E-state index contributed by atoms with van der Waals surface area (Å²) in [7, 11) is -4.15. The standard InChI is InChI=1S/C23H25F3N2O5S/c1-15-6-3-4-9-20(15)27-21(29)16(2)33-22(30)17-10-12-28(13-11-17)34(31,32)19-8-5-7-18(14-19)23(24,25)26/h3-9,14,16-17H,10-13H2,1-2H3,(H,27,29). The van der Waals surface area contributed by atoms with Crippen LogP contribution in [0, 0.1) is 12.8 Å². The first-order chi connectivity index (χ1) is 15.9. The number of sulfonamides is 1. The van der Waals surface area contributed by atoms with E-state index in [-0.39, 0.29) is 25.9 Å². The second kappa shape index (κ2) is 10.1. The molecule has 1 atom stereocenters. The van der Waals surface area contributed by atoms with E-state index < -0.39 is 50.6 Å². The molecule has 0 saturated carbocycles. The molecule has 2 aromatic rings. The van der Waals surface area contributed by atoms with Gasteiger partial charge in [0.05, 0.1) is 16.4 Å². The lowest BCUT2D eigenvalue weighted by molar-refractivity contribution is -0.158. The number of halogens is 3. The zero-order valence-corrected chi connectivity index (χ0v) is 19.4. The number of nitrogens with one attached hydrogen (secondary N) is 1. The summed E-state index contributed by atoms with van der Waals surface area (Å²) in [5.41, 5.74) is 0.400. The number of ether oxygens (including phenoxy) is 1. The predicted octanol–water partition coefficient (Wildman–Crippen LogP) is 3.98. The Hall–Kier alpha value is -2.92. The Kier molecular flexibility index (Phi) is 7.67. The third kappa shape index (κ3) is 5.95. The Balaban J connectivity index is 1.57. The molecule has 1 heterocycles. The van der Waals surface area contributed by atoms with Gasteiger partial charge in [0.15, 0.2) is 6.10 Å². The van der Waals surface area contributed by atoms with Crippen molar-refractivity contribution in [3.05, 3.63) is 59.7 Å². The van der Waals surface area contributed by atoms with Crippen molar-refractivity contribution in [2.45, 2.75) is 43.9 Å². The number of alkyl halides is 3. The van der Waals surface area contributed by atoms with Crippen LogP contribution in [0.2, 0.25) is 0 Å². The normalized spacial score (nSPS) is 16.6. The smallest absolute Gasteiger partial charge is 0.416 e. The number of nitrogens with zero attached hydrogens (tertiary/aromatic N) is 1. The van der Waals surface area contributed by atoms with Gasteiger partial charge in [-0.2, -0.15) is 17.5 Å². The van der Waals surface area contributed by atoms with Gasteiger partial charge in [-0.15, -0.1) is 0 Å². The number of rotatable bonds is 6. The zero-order chi connectivity index (χ0) is 25.1. The summed E-state index contributed by atoms with van der Waals surface area (Å²) in [4.78, 5) is 24.4. The van der Waals surface area contributed by atoms with Gasteiger partial charge in [0, 0.05) is 18.8 Å². The number of para-hydroxylation sites is 1. The lowest BCUT2D eigenvalue weighted by Gasteiger charge is -2.30. The summed E-state index contributed by atoms with van der Waals surface area (Å²) in [5, 5.41) is 2.69. The van der Waals surface area contributed by atoms with E-state index in [1.54, 1.807) is 12.1 Å². The van der Waals surface area contributed by atoms with Crippen LogP contribution >= 0.6 is 0 Å². The fraction of sp³-hybridized carbons (Fsp3) is 0.391. The Labute approximate surface area is 196 Å². The third-order valence-corrected chi connectivity index (χ3v) is 7.55. The number of piperidine rings is 1. The van der Waals surface area contributed by atoms with Crippen LogP contribution < -0.4 is 5.32 Å². The molecule has 1 aliphatic rings. The molecular weight excluding hydrogens is 473 g/mol. The van der Waals surface area contributed by atoms with Crippen LogP contribution in [-0.4, -0.2) is 43.8 Å². The second-order valence-corrected chi connectivity index (χ2v) is 10.0. The topological polar surface area (TPSA) is 92.8 Å². The molecule has 0 aliphatic carbocycles. The van der Waals surface area contributed by atoms with Crippen molar-refractivity contribution in [1.29, 1.82) is 0 Å². The first kappa shape index (κ1) is 25.7. The Morgan fingerprint density at radius 2 is 1.74 bits per heavy atom. The number of amides is 1. The number of carbonyl (C=O) groups excluding carboxylic acids is 2. The average Bonchev–Trinajstić information content (AvgIpc) is 2.80. The van der Waals surface area contributed by atoms with Crippen molar-refractivity contribution in [3.63, 3.8) is 0 Å². The van der Waals surface area contributed by atoms with Crippen molar-refractivity contribution in [1.82, 2.24) is 4.31 Å². The minimum absolute atomic E-state index is 0.0534. The SMILES string of the molecule is Cc1ccccc1NC(=O)C(C)OC(=O)C1CCN(S(=O)(=O)c2cccc(C(F)(F)F)c2)CC1. The number of benzene rings is 2. The molecule has 7 nitrogen and oxygen atoms in total. The third-order valence-electron chi connectivity index (χ3n) is 5.65. The van der Waals surface area contributed by atoms with Gasteiger partial charge < -0.3 is 10.1 Å². The molecule has 1 aliphatic heterocycles. The van der Waals surface area contributed by atoms with E-state index in [9.17, 15) is 31.2 Å². The minimum atomic E-state index is -4.66. The zero-order valence-electron chi connectivity index (χ0n) is 18.6. The minimum Gasteiger partial charge on any atom is -0.452 e. The van der Waals surface area contributed by atoms with Gasteiger partial charge in [-0.3, -0.25) is 9.59 Å². The van der Waals surface area contributed by atoms with Gasteiger partial charge in [0.1, 0.15) is 0 Å². The molecule has 1 saturated heterocycles. The highest BCUT2D eigenvalue weighted by molar-refractivity contribution is 7.89. The van der Waals surface area contributed by atoms with Gasteiger partial charge in [0.2, 0.25) is 10.0 Å². The van der Waals surface area contributed by atoms with Crippen molar-refractivity contribution in [3.8, 4) is 0 Å². The van der Waals surface area contributed by atoms with Crippen LogP contribution in [0.15, 0.2) is 53.4 Å². The first-order valence-electron chi connectivity index (χ1n) is 10.6. The molecule has 2 aromatic carbocycles. The van der Waals surface area contributed by atoms with Crippen LogP contribution in [0.1, 0.15) is 30.9 Å². The van der Waals surface area contributed by atoms with E-state index in [0.29, 0.717) is 11.8 Å². The largest absolute Gasteiger partial charge is 0.452 e. The van der Waals surface area contributed by atoms with Crippen LogP contribution in [-0.2, 0) is 30.5 Å². The van der Waals surface area contributed by atoms with Gasteiger partial charge in [-0.05, 0) is 56.5 Å². The fourth-order valence-electron chi connectivity index (χ4n) is 3.59. The molecule has 1 unspecified atom stereocenters. The fourth-order valence-corrected chi connectivity index (χ4v) is 5.10. The quantitative estimate of drug-likeness (QED) is 0.608. The van der Waals surface area contributed by atoms with E-state index in [1.165, 1.54) is 6.92 Å². The van der Waals surface area contributed by atoms with E-state index in [4.69, 9.17) is 4.74 Å². The molecule has 1 N–H and O–H groups in total. The maximum absolute atomic E-state index is 13.0. The number of hydrogen-bond donors (Lipinski definition) is 1. The summed E-state index contributed by atoms with van der Waals surface area (Å²) in [6.07, 6.45) is -5.46. The Morgan fingerprint density at radius 3 is 2.35 bits per heavy atom. The molecule has 184 valence electrons. The lowest BCUT2D eigenvalue weighted by atomic mass is 9.98. The van der Waals surface area contributed by atoms with Crippen LogP contribution in [0.25, 0.3) is 0 Å². The highest BCUT2D eigenvalue weighted by atomic mass is 32.2. The van der Waals surface area contributed by atoms with Crippen molar-refractivity contribution >= 4 is 27.6 Å². The molecule has 1 fully saturated rings. The average molecular weight is 499 g/mol. The molecule has 11 heteroatoms. The maximum atomic E-state index is 13.0. The number of esters is 1. The number of carbonyl (C=O) groups is 2. The van der Waals surface area contributed by atoms with Crippen LogP contribution in [0.4, 0.5) is 18.9 Å². The number of anilines is 1. The van der Waals surface area contributed by atoms with E-state index in [2.05, 4.69) is 5.32 Å². The molecule has 34 heavy (non-hydrogen) atoms. The Morgan fingerprint density at radius 1 is 1.09 bits per heavy atom. The second-order valence-electron chi connectivity index (χ2n) is 8.09. The van der Waals surface area contributed by atoms with Gasteiger partial charge in [-0.25, -0.2) is 8.42 Å². The van der Waals surface area contributed by atoms with E-state index >= 15 is 0 Å². The summed E-state index contributed by atoms with van der Waals surface area (Å²) in [5.74, 6) is -1.74. The monoisotopic (exact) mass is 498 g/mol. The number of hydrogen-bond acceptors (Lipinski definition) is 5. The maximum Gasteiger partial charge on any atom is 0.416 e. The van der Waals surface area contributed by atoms with Gasteiger partial charge in [-0.1, -0.05) is 24.3 Å². The summed E-state index contributed by atoms with van der Waals surface area (Å²) >= 11 is 0. The molecule has 1 amide bonds. The molecule has 0 radical (unpaired) electrons. The summed E-state index contributed by atoms with van der Waals surface area (Å²) in [6, 6.07) is 10.7. The van der Waals surface area contributed by atoms with Crippen molar-refractivity contribution in [2.75, 3.05) is 18.4 Å². The lowest BCUT2D eigenvalue weighted by Crippen LogP contribution is -2.41. The van der Waals surface area contributed by atoms with Gasteiger partial charge in [0.25, 0.3) is 5.91 Å². The highest BCUT2D eigenvalue weighted by Gasteiger charge is 2.36. The molecule has 0 bridgehead atoms. The van der Waals surface area contributed by atoms with Crippen LogP contribution in [0.5, 0.6) is 0 Å². The van der Waals surface area contributed by atoms with Crippen LogP contribution in [0.3, 0.4) is 0 Å². The number of aryl methyl sites for hydroxylation is 1. The van der Waals surface area contributed by atoms with E-state index in [1.807, 2.05) is 19.1 Å². The molecular formula is C23H25F3N2O5S. The molecule has 0 aromatic heterocycles. The molecule has 0 spiro atoms. The first-order valence-corrected chi connectivity index (χ1v) is 12.1. The van der Waals surface area contributed by atoms with E-state index in [0.717, 1.165) is 28.1 Å². The Bertz CT molecular complexity index is 1160. The highest BCUT2D eigenvalue weighted by Crippen LogP contribution is 2.32. The van der Waals surface area contributed by atoms with Crippen molar-refractivity contribution in [2.24, 2.45) is 5.92 Å².